The van der Waals surface area contributed by atoms with Gasteiger partial charge < -0.3 is 14.6 Å². The second-order valence-corrected chi connectivity index (χ2v) is 2.52. The number of halogens is 1. The van der Waals surface area contributed by atoms with Gasteiger partial charge in [-0.2, -0.15) is 0 Å². The second kappa shape index (κ2) is 7.47. The molecule has 3 nitrogen and oxygen atoms in total. The van der Waals surface area contributed by atoms with Crippen LogP contribution in [0.1, 0.15) is 0 Å². The molecule has 0 heterocycles. The number of hydrogen-bond donors (Lipinski definition) is 1. The van der Waals surface area contributed by atoms with Crippen molar-refractivity contribution in [1.82, 2.24) is 0 Å². The molecule has 1 unspecified atom stereocenters. The number of hydrogen-bond acceptors (Lipinski definition) is 3. The van der Waals surface area contributed by atoms with Crippen LogP contribution in [0, 0.1) is 0 Å². The summed E-state index contributed by atoms with van der Waals surface area (Å²) >= 11 is 3.12. The van der Waals surface area contributed by atoms with Crippen LogP contribution < -0.4 is 0 Å². The smallest absolute Gasteiger partial charge is 0.0870 e. The molecule has 4 heteroatoms. The standard InChI is InChI=1S/C6H13BrO3/c1-9-2-3-10-5-6(8)4-7/h6,8H,2-5H2,1H3. The average molecular weight is 213 g/mol. The lowest BCUT2D eigenvalue weighted by molar-refractivity contribution is 0.0222. The summed E-state index contributed by atoms with van der Waals surface area (Å²) < 4.78 is 9.76. The van der Waals surface area contributed by atoms with Crippen molar-refractivity contribution in [1.29, 1.82) is 0 Å². The highest BCUT2D eigenvalue weighted by molar-refractivity contribution is 9.09. The molecule has 0 saturated heterocycles. The molecule has 62 valence electrons. The fourth-order valence-corrected chi connectivity index (χ4v) is 0.593. The van der Waals surface area contributed by atoms with Crippen LogP contribution in [0.3, 0.4) is 0 Å². The topological polar surface area (TPSA) is 38.7 Å². The summed E-state index contributed by atoms with van der Waals surface area (Å²) in [6.45, 7) is 1.49. The second-order valence-electron chi connectivity index (χ2n) is 1.88. The summed E-state index contributed by atoms with van der Waals surface area (Å²) in [5, 5.41) is 9.50. The lowest BCUT2D eigenvalue weighted by atomic mass is 10.4. The molecule has 1 N–H and O–H groups in total. The van der Waals surface area contributed by atoms with Gasteiger partial charge in [-0.1, -0.05) is 15.9 Å². The van der Waals surface area contributed by atoms with Crippen molar-refractivity contribution >= 4 is 15.9 Å². The van der Waals surface area contributed by atoms with E-state index in [1.54, 1.807) is 7.11 Å². The lowest BCUT2D eigenvalue weighted by Crippen LogP contribution is -2.18. The molecule has 0 aliphatic carbocycles. The first-order valence-corrected chi connectivity index (χ1v) is 4.24. The number of ether oxygens (including phenoxy) is 2. The van der Waals surface area contributed by atoms with Crippen LogP contribution in [-0.4, -0.2) is 43.5 Å². The molecular weight excluding hydrogens is 200 g/mol. The van der Waals surface area contributed by atoms with E-state index in [0.717, 1.165) is 0 Å². The van der Waals surface area contributed by atoms with Gasteiger partial charge >= 0.3 is 0 Å². The Kier molecular flexibility index (Phi) is 7.74. The molecule has 0 radical (unpaired) electrons. The summed E-state index contributed by atoms with van der Waals surface area (Å²) in [6.07, 6.45) is -0.406. The molecule has 0 aliphatic heterocycles. The monoisotopic (exact) mass is 212 g/mol. The average Bonchev–Trinajstić information content (AvgIpc) is 1.98. The van der Waals surface area contributed by atoms with Crippen LogP contribution in [0.5, 0.6) is 0 Å². The maximum absolute atomic E-state index is 8.94. The Morgan fingerprint density at radius 1 is 1.50 bits per heavy atom. The highest BCUT2D eigenvalue weighted by Crippen LogP contribution is 1.90. The molecule has 0 spiro atoms. The number of methoxy groups -OCH3 is 1. The molecule has 0 saturated carbocycles. The van der Waals surface area contributed by atoms with Crippen LogP contribution in [0.4, 0.5) is 0 Å². The SMILES string of the molecule is COCCOCC(O)CBr. The molecule has 0 aromatic heterocycles. The van der Waals surface area contributed by atoms with E-state index in [9.17, 15) is 0 Å². The predicted octanol–water partition coefficient (Wildman–Crippen LogP) is 0.405. The largest absolute Gasteiger partial charge is 0.390 e. The number of alkyl halides is 1. The first-order chi connectivity index (χ1) is 4.81. The minimum Gasteiger partial charge on any atom is -0.390 e. The summed E-state index contributed by atoms with van der Waals surface area (Å²) in [4.78, 5) is 0. The lowest BCUT2D eigenvalue weighted by Gasteiger charge is -2.06. The summed E-state index contributed by atoms with van der Waals surface area (Å²) in [5.74, 6) is 0. The van der Waals surface area contributed by atoms with Gasteiger partial charge in [0.05, 0.1) is 25.9 Å². The van der Waals surface area contributed by atoms with Gasteiger partial charge in [0.2, 0.25) is 0 Å². The minimum absolute atomic E-state index is 0.370. The third kappa shape index (κ3) is 6.48. The van der Waals surface area contributed by atoms with Crippen molar-refractivity contribution in [2.24, 2.45) is 0 Å². The van der Waals surface area contributed by atoms with Crippen molar-refractivity contribution in [2.45, 2.75) is 6.10 Å². The Morgan fingerprint density at radius 2 is 2.20 bits per heavy atom. The van der Waals surface area contributed by atoms with Gasteiger partial charge in [0.1, 0.15) is 0 Å². The molecule has 0 aliphatic rings. The van der Waals surface area contributed by atoms with Crippen molar-refractivity contribution in [2.75, 3.05) is 32.3 Å². The zero-order valence-electron chi connectivity index (χ0n) is 6.05. The van der Waals surface area contributed by atoms with Crippen LogP contribution in [0.15, 0.2) is 0 Å². The van der Waals surface area contributed by atoms with Gasteiger partial charge in [0, 0.05) is 12.4 Å². The van der Waals surface area contributed by atoms with Crippen molar-refractivity contribution < 1.29 is 14.6 Å². The Balaban J connectivity index is 2.89. The van der Waals surface area contributed by atoms with Gasteiger partial charge in [-0.05, 0) is 0 Å². The van der Waals surface area contributed by atoms with Crippen LogP contribution in [0.25, 0.3) is 0 Å². The van der Waals surface area contributed by atoms with E-state index in [1.807, 2.05) is 0 Å². The van der Waals surface area contributed by atoms with Crippen molar-refractivity contribution in [3.8, 4) is 0 Å². The molecule has 0 rings (SSSR count). The molecule has 0 aromatic rings. The van der Waals surface area contributed by atoms with Crippen molar-refractivity contribution in [3.05, 3.63) is 0 Å². The van der Waals surface area contributed by atoms with Gasteiger partial charge in [0.25, 0.3) is 0 Å². The minimum atomic E-state index is -0.406. The maximum atomic E-state index is 8.94. The van der Waals surface area contributed by atoms with Gasteiger partial charge in [0.15, 0.2) is 0 Å². The first kappa shape index (κ1) is 10.4. The molecule has 0 bridgehead atoms. The number of aliphatic hydroxyl groups is 1. The Morgan fingerprint density at radius 3 is 2.70 bits per heavy atom. The van der Waals surface area contributed by atoms with Gasteiger partial charge in [-0.25, -0.2) is 0 Å². The maximum Gasteiger partial charge on any atom is 0.0870 e. The van der Waals surface area contributed by atoms with E-state index < -0.39 is 6.10 Å². The fraction of sp³-hybridized carbons (Fsp3) is 1.00. The van der Waals surface area contributed by atoms with E-state index in [-0.39, 0.29) is 0 Å². The molecule has 10 heavy (non-hydrogen) atoms. The van der Waals surface area contributed by atoms with Crippen LogP contribution >= 0.6 is 15.9 Å². The van der Waals surface area contributed by atoms with E-state index in [2.05, 4.69) is 15.9 Å². The van der Waals surface area contributed by atoms with Gasteiger partial charge in [-0.15, -0.1) is 0 Å². The molecule has 0 fully saturated rings. The highest BCUT2D eigenvalue weighted by atomic mass is 79.9. The summed E-state index contributed by atoms with van der Waals surface area (Å²) in [6, 6.07) is 0. The van der Waals surface area contributed by atoms with Crippen molar-refractivity contribution in [3.63, 3.8) is 0 Å². The first-order valence-electron chi connectivity index (χ1n) is 3.12. The molecular formula is C6H13BrO3. The van der Waals surface area contributed by atoms with E-state index >= 15 is 0 Å². The van der Waals surface area contributed by atoms with Crippen LogP contribution in [0.2, 0.25) is 0 Å². The number of rotatable bonds is 6. The van der Waals surface area contributed by atoms with E-state index in [0.29, 0.717) is 25.2 Å². The highest BCUT2D eigenvalue weighted by Gasteiger charge is 1.99. The fourth-order valence-electron chi connectivity index (χ4n) is 0.406. The van der Waals surface area contributed by atoms with Gasteiger partial charge in [-0.3, -0.25) is 0 Å². The third-order valence-electron chi connectivity index (χ3n) is 0.920. The predicted molar refractivity (Wildman–Crippen MR) is 42.5 cm³/mol. The zero-order chi connectivity index (χ0) is 7.82. The Labute approximate surface area is 69.5 Å². The summed E-state index contributed by atoms with van der Waals surface area (Å²) in [5.41, 5.74) is 0. The molecule has 0 aromatic carbocycles. The Bertz CT molecular complexity index is 70.0. The normalized spacial score (nSPS) is 13.5. The molecule has 0 amide bonds. The third-order valence-corrected chi connectivity index (χ3v) is 1.67. The van der Waals surface area contributed by atoms with E-state index in [4.69, 9.17) is 14.6 Å². The van der Waals surface area contributed by atoms with Crippen LogP contribution in [-0.2, 0) is 9.47 Å². The quantitative estimate of drug-likeness (QED) is 0.512. The summed E-state index contributed by atoms with van der Waals surface area (Å²) in [7, 11) is 1.62. The molecule has 1 atom stereocenters. The van der Waals surface area contributed by atoms with E-state index in [1.165, 1.54) is 0 Å². The number of aliphatic hydroxyl groups excluding tert-OH is 1. The zero-order valence-corrected chi connectivity index (χ0v) is 7.63. The Hall–Kier alpha value is 0.360.